The molecule has 1 N–H and O–H groups in total. The van der Waals surface area contributed by atoms with E-state index < -0.39 is 17.7 Å². The largest absolute Gasteiger partial charge is 0.507 e. The van der Waals surface area contributed by atoms with Gasteiger partial charge < -0.3 is 24.4 Å². The monoisotopic (exact) mass is 424 g/mol. The smallest absolute Gasteiger partial charge is 0.295 e. The lowest BCUT2D eigenvalue weighted by Gasteiger charge is -2.27. The van der Waals surface area contributed by atoms with Crippen LogP contribution in [0.15, 0.2) is 54.1 Å². The molecule has 0 aromatic heterocycles. The van der Waals surface area contributed by atoms with Crippen LogP contribution in [0.5, 0.6) is 11.5 Å². The number of amides is 1. The SMILES string of the molecule is CCOc1ccc([C@@H]2C(=C(O)c3ccccc3)C(=O)C(=O)N2CCN(C)C)cc1OC. The van der Waals surface area contributed by atoms with Gasteiger partial charge in [-0.05, 0) is 38.7 Å². The first-order chi connectivity index (χ1) is 14.9. The Hall–Kier alpha value is -3.32. The van der Waals surface area contributed by atoms with E-state index in [0.717, 1.165) is 0 Å². The predicted molar refractivity (Wildman–Crippen MR) is 118 cm³/mol. The maximum Gasteiger partial charge on any atom is 0.295 e. The molecule has 1 saturated heterocycles. The number of carbonyl (C=O) groups excluding carboxylic acids is 2. The number of nitrogens with zero attached hydrogens (tertiary/aromatic N) is 2. The van der Waals surface area contributed by atoms with Gasteiger partial charge in [0.05, 0.1) is 25.3 Å². The van der Waals surface area contributed by atoms with Crippen molar-refractivity contribution in [1.82, 2.24) is 9.80 Å². The van der Waals surface area contributed by atoms with Crippen molar-refractivity contribution in [2.24, 2.45) is 0 Å². The van der Waals surface area contributed by atoms with Gasteiger partial charge in [-0.1, -0.05) is 36.4 Å². The molecule has 2 aromatic rings. The summed E-state index contributed by atoms with van der Waals surface area (Å²) in [6.07, 6.45) is 0. The van der Waals surface area contributed by atoms with E-state index >= 15 is 0 Å². The third-order valence-electron chi connectivity index (χ3n) is 5.18. The summed E-state index contributed by atoms with van der Waals surface area (Å²) in [7, 11) is 5.33. The van der Waals surface area contributed by atoms with Crippen LogP contribution in [0.1, 0.15) is 24.1 Å². The minimum absolute atomic E-state index is 0.0705. The van der Waals surface area contributed by atoms with Crippen molar-refractivity contribution >= 4 is 17.4 Å². The quantitative estimate of drug-likeness (QED) is 0.399. The average Bonchev–Trinajstić information content (AvgIpc) is 3.03. The van der Waals surface area contributed by atoms with E-state index in [4.69, 9.17) is 9.47 Å². The number of likely N-dealkylation sites (tertiary alicyclic amines) is 1. The van der Waals surface area contributed by atoms with Gasteiger partial charge >= 0.3 is 0 Å². The summed E-state index contributed by atoms with van der Waals surface area (Å²) >= 11 is 0. The highest BCUT2D eigenvalue weighted by Gasteiger charge is 2.46. The van der Waals surface area contributed by atoms with Gasteiger partial charge in [0, 0.05) is 18.7 Å². The third-order valence-corrected chi connectivity index (χ3v) is 5.18. The van der Waals surface area contributed by atoms with Crippen molar-refractivity contribution < 1.29 is 24.2 Å². The fraction of sp³-hybridized carbons (Fsp3) is 0.333. The van der Waals surface area contributed by atoms with Gasteiger partial charge in [0.1, 0.15) is 5.76 Å². The number of Topliss-reactive ketones (excluding diaryl/α,β-unsaturated/α-hetero) is 1. The van der Waals surface area contributed by atoms with Crippen LogP contribution in [-0.2, 0) is 9.59 Å². The molecule has 7 nitrogen and oxygen atoms in total. The molecule has 2 aromatic carbocycles. The maximum absolute atomic E-state index is 13.0. The Bertz CT molecular complexity index is 985. The molecule has 1 amide bonds. The van der Waals surface area contributed by atoms with Crippen LogP contribution >= 0.6 is 0 Å². The Kier molecular flexibility index (Phi) is 6.97. The molecule has 0 aliphatic carbocycles. The van der Waals surface area contributed by atoms with Gasteiger partial charge in [-0.15, -0.1) is 0 Å². The molecule has 0 radical (unpaired) electrons. The molecule has 1 aliphatic rings. The van der Waals surface area contributed by atoms with Gasteiger partial charge in [0.25, 0.3) is 11.7 Å². The number of aliphatic hydroxyl groups excluding tert-OH is 1. The van der Waals surface area contributed by atoms with E-state index in [0.29, 0.717) is 42.3 Å². The zero-order valence-corrected chi connectivity index (χ0v) is 18.3. The van der Waals surface area contributed by atoms with Crippen molar-refractivity contribution in [2.45, 2.75) is 13.0 Å². The Morgan fingerprint density at radius 3 is 2.42 bits per heavy atom. The van der Waals surface area contributed by atoms with Gasteiger partial charge in [0.15, 0.2) is 11.5 Å². The number of benzene rings is 2. The Morgan fingerprint density at radius 2 is 1.81 bits per heavy atom. The topological polar surface area (TPSA) is 79.3 Å². The summed E-state index contributed by atoms with van der Waals surface area (Å²) in [6.45, 7) is 3.26. The van der Waals surface area contributed by atoms with E-state index in [9.17, 15) is 14.7 Å². The van der Waals surface area contributed by atoms with Crippen LogP contribution in [0, 0.1) is 0 Å². The fourth-order valence-electron chi connectivity index (χ4n) is 3.65. The van der Waals surface area contributed by atoms with E-state index in [1.165, 1.54) is 12.0 Å². The Balaban J connectivity index is 2.16. The van der Waals surface area contributed by atoms with E-state index in [1.807, 2.05) is 32.0 Å². The number of hydrogen-bond donors (Lipinski definition) is 1. The zero-order valence-electron chi connectivity index (χ0n) is 18.3. The fourth-order valence-corrected chi connectivity index (χ4v) is 3.65. The van der Waals surface area contributed by atoms with Crippen molar-refractivity contribution in [3.8, 4) is 11.5 Å². The molecule has 0 saturated carbocycles. The number of methoxy groups -OCH3 is 1. The van der Waals surface area contributed by atoms with Gasteiger partial charge in [-0.25, -0.2) is 0 Å². The standard InChI is InChI=1S/C24H28N2O5/c1-5-31-18-12-11-17(15-19(18)30-4)21-20(22(27)16-9-7-6-8-10-16)23(28)24(29)26(21)14-13-25(2)3/h6-12,15,21,27H,5,13-14H2,1-4H3/t21-/m1/s1. The number of hydrogen-bond acceptors (Lipinski definition) is 6. The third kappa shape index (κ3) is 4.56. The lowest BCUT2D eigenvalue weighted by atomic mass is 9.95. The summed E-state index contributed by atoms with van der Waals surface area (Å²) in [5, 5.41) is 11.0. The number of ketones is 1. The van der Waals surface area contributed by atoms with Crippen LogP contribution in [0.4, 0.5) is 0 Å². The molecule has 1 heterocycles. The van der Waals surface area contributed by atoms with Crippen molar-refractivity contribution in [3.63, 3.8) is 0 Å². The van der Waals surface area contributed by atoms with Gasteiger partial charge in [0.2, 0.25) is 0 Å². The van der Waals surface area contributed by atoms with E-state index in [2.05, 4.69) is 0 Å². The second-order valence-electron chi connectivity index (χ2n) is 7.51. The molecule has 1 aliphatic heterocycles. The molecular formula is C24H28N2O5. The molecule has 0 bridgehead atoms. The molecule has 1 fully saturated rings. The molecule has 0 unspecified atom stereocenters. The van der Waals surface area contributed by atoms with Crippen LogP contribution in [-0.4, -0.2) is 67.5 Å². The molecule has 3 rings (SSSR count). The Morgan fingerprint density at radius 1 is 1.10 bits per heavy atom. The molecule has 31 heavy (non-hydrogen) atoms. The number of rotatable bonds is 8. The normalized spacial score (nSPS) is 18.0. The lowest BCUT2D eigenvalue weighted by Crippen LogP contribution is -2.35. The van der Waals surface area contributed by atoms with Gasteiger partial charge in [-0.3, -0.25) is 9.59 Å². The lowest BCUT2D eigenvalue weighted by molar-refractivity contribution is -0.140. The number of ether oxygens (including phenoxy) is 2. The van der Waals surface area contributed by atoms with Crippen LogP contribution < -0.4 is 9.47 Å². The predicted octanol–water partition coefficient (Wildman–Crippen LogP) is 3.08. The van der Waals surface area contributed by atoms with Crippen LogP contribution in [0.25, 0.3) is 5.76 Å². The molecule has 1 atom stereocenters. The first-order valence-corrected chi connectivity index (χ1v) is 10.2. The van der Waals surface area contributed by atoms with Gasteiger partial charge in [-0.2, -0.15) is 0 Å². The summed E-state index contributed by atoms with van der Waals surface area (Å²) < 4.78 is 11.1. The summed E-state index contributed by atoms with van der Waals surface area (Å²) in [4.78, 5) is 29.4. The summed E-state index contributed by atoms with van der Waals surface area (Å²) in [5.41, 5.74) is 1.22. The first kappa shape index (κ1) is 22.4. The van der Waals surface area contributed by atoms with Crippen LogP contribution in [0.3, 0.4) is 0 Å². The van der Waals surface area contributed by atoms with Crippen molar-refractivity contribution in [1.29, 1.82) is 0 Å². The molecule has 7 heteroatoms. The summed E-state index contributed by atoms with van der Waals surface area (Å²) in [5.74, 6) is -0.446. The highest BCUT2D eigenvalue weighted by Crippen LogP contribution is 2.41. The minimum Gasteiger partial charge on any atom is -0.507 e. The first-order valence-electron chi connectivity index (χ1n) is 10.2. The Labute approximate surface area is 182 Å². The molecule has 0 spiro atoms. The van der Waals surface area contributed by atoms with E-state index in [1.54, 1.807) is 42.5 Å². The number of aliphatic hydroxyl groups is 1. The number of carbonyl (C=O) groups is 2. The minimum atomic E-state index is -0.732. The summed E-state index contributed by atoms with van der Waals surface area (Å²) in [6, 6.07) is 13.3. The number of likely N-dealkylation sites (N-methyl/N-ethyl adjacent to an activating group) is 1. The second kappa shape index (κ2) is 9.66. The zero-order chi connectivity index (χ0) is 22.5. The van der Waals surface area contributed by atoms with Crippen molar-refractivity contribution in [3.05, 3.63) is 65.2 Å². The van der Waals surface area contributed by atoms with Crippen LogP contribution in [0.2, 0.25) is 0 Å². The van der Waals surface area contributed by atoms with E-state index in [-0.39, 0.29) is 11.3 Å². The highest BCUT2D eigenvalue weighted by atomic mass is 16.5. The molecule has 164 valence electrons. The second-order valence-corrected chi connectivity index (χ2v) is 7.51. The van der Waals surface area contributed by atoms with Crippen molar-refractivity contribution in [2.75, 3.05) is 40.9 Å². The average molecular weight is 424 g/mol. The highest BCUT2D eigenvalue weighted by molar-refractivity contribution is 6.46. The maximum atomic E-state index is 13.0. The molecular weight excluding hydrogens is 396 g/mol.